The van der Waals surface area contributed by atoms with Crippen LogP contribution in [0.4, 0.5) is 37.7 Å². The lowest BCUT2D eigenvalue weighted by Crippen LogP contribution is -2.09. The van der Waals surface area contributed by atoms with Gasteiger partial charge in [-0.05, 0) is 82.3 Å². The molecule has 41 heavy (non-hydrogen) atoms. The van der Waals surface area contributed by atoms with Gasteiger partial charge in [-0.3, -0.25) is 0 Å². The Morgan fingerprint density at radius 2 is 1.00 bits per heavy atom. The zero-order valence-electron chi connectivity index (χ0n) is 23.1. The van der Waals surface area contributed by atoms with Crippen molar-refractivity contribution in [1.82, 2.24) is 0 Å². The van der Waals surface area contributed by atoms with E-state index in [2.05, 4.69) is 0 Å². The Morgan fingerprint density at radius 3 is 1.41 bits per heavy atom. The number of alkyl halides is 6. The zero-order valence-corrected chi connectivity index (χ0v) is 23.1. The molecule has 4 rings (SSSR count). The number of rotatable bonds is 6. The van der Waals surface area contributed by atoms with Crippen LogP contribution in [-0.4, -0.2) is 34.4 Å². The van der Waals surface area contributed by atoms with Crippen molar-refractivity contribution < 1.29 is 26.3 Å². The molecule has 0 radical (unpaired) electrons. The fourth-order valence-electron chi connectivity index (χ4n) is 4.63. The van der Waals surface area contributed by atoms with Crippen LogP contribution in [0.2, 0.25) is 0 Å². The van der Waals surface area contributed by atoms with Gasteiger partial charge >= 0.3 is 12.4 Å². The third-order valence-corrected chi connectivity index (χ3v) is 6.84. The second kappa shape index (κ2) is 11.7. The van der Waals surface area contributed by atoms with Crippen LogP contribution in [0.1, 0.15) is 28.7 Å². The summed E-state index contributed by atoms with van der Waals surface area (Å²) in [5.74, 6) is 0. The lowest BCUT2D eigenvalue weighted by Gasteiger charge is -2.21. The van der Waals surface area contributed by atoms with Crippen molar-refractivity contribution in [2.45, 2.75) is 18.8 Å². The van der Waals surface area contributed by atoms with E-state index in [1.807, 2.05) is 86.5 Å². The Hall–Kier alpha value is -4.20. The van der Waals surface area contributed by atoms with Gasteiger partial charge in [-0.15, -0.1) is 0 Å². The number of hydrogen-bond donors (Lipinski definition) is 0. The molecule has 3 aromatic carbocycles. The molecule has 0 bridgehead atoms. The number of nitrogens with zero attached hydrogens (tertiary/aromatic N) is 2. The van der Waals surface area contributed by atoms with Crippen LogP contribution >= 0.6 is 0 Å². The molecule has 0 saturated heterocycles. The molecule has 0 spiro atoms. The molecule has 0 N–H and O–H groups in total. The fraction of sp³-hybridized carbons (Fsp3) is 0.212. The van der Waals surface area contributed by atoms with Crippen molar-refractivity contribution in [3.05, 3.63) is 131 Å². The van der Waals surface area contributed by atoms with Crippen molar-refractivity contribution in [2.75, 3.05) is 38.0 Å². The van der Waals surface area contributed by atoms with Crippen LogP contribution in [0, 0.1) is 0 Å². The maximum absolute atomic E-state index is 13.6. The Kier molecular flexibility index (Phi) is 8.52. The van der Waals surface area contributed by atoms with Crippen LogP contribution in [0.3, 0.4) is 0 Å². The predicted molar refractivity (Wildman–Crippen MR) is 155 cm³/mol. The zero-order chi connectivity index (χ0) is 29.9. The molecule has 0 aliphatic heterocycles. The summed E-state index contributed by atoms with van der Waals surface area (Å²) in [6, 6.07) is 20.0. The summed E-state index contributed by atoms with van der Waals surface area (Å²) in [6.07, 6.45) is -3.80. The molecule has 0 heterocycles. The average molecular weight is 569 g/mol. The fourth-order valence-corrected chi connectivity index (χ4v) is 4.63. The van der Waals surface area contributed by atoms with Gasteiger partial charge in [0, 0.05) is 39.6 Å². The highest BCUT2D eigenvalue weighted by Gasteiger charge is 2.32. The topological polar surface area (TPSA) is 6.48 Å². The van der Waals surface area contributed by atoms with E-state index in [0.29, 0.717) is 22.3 Å². The van der Waals surface area contributed by atoms with Crippen LogP contribution in [0.5, 0.6) is 0 Å². The van der Waals surface area contributed by atoms with Crippen LogP contribution in [0.25, 0.3) is 11.1 Å². The standard InChI is InChI=1S/C33H30F6N2/c1-40(2)28-18-11-24(12-19-28)30(22-6-5-7-26(15-8-22)32(34,35)36)31(25-13-20-29(21-14-25)41(3)4)23-9-16-27(17-10-23)33(37,38)39/h5,7-21H,6H2,1-4H3/b31-30+. The number of benzene rings is 3. The SMILES string of the molecule is CN(C)c1ccc(/C(C2=CC=C(C(F)(F)F)C=CC2)=C(/c2ccc(N(C)C)cc2)c2ccc(C(F)(F)F)cc2)cc1. The first kappa shape index (κ1) is 29.8. The number of hydrogen-bond acceptors (Lipinski definition) is 2. The van der Waals surface area contributed by atoms with Crippen molar-refractivity contribution >= 4 is 22.5 Å². The van der Waals surface area contributed by atoms with E-state index in [-0.39, 0.29) is 6.42 Å². The Labute approximate surface area is 236 Å². The monoisotopic (exact) mass is 568 g/mol. The highest BCUT2D eigenvalue weighted by molar-refractivity contribution is 6.04. The van der Waals surface area contributed by atoms with E-state index in [1.54, 1.807) is 0 Å². The smallest absolute Gasteiger partial charge is 0.378 e. The van der Waals surface area contributed by atoms with E-state index in [1.165, 1.54) is 24.3 Å². The maximum Gasteiger partial charge on any atom is 0.416 e. The van der Waals surface area contributed by atoms with E-state index in [9.17, 15) is 26.3 Å². The second-order valence-electron chi connectivity index (χ2n) is 10.1. The predicted octanol–water partition coefficient (Wildman–Crippen LogP) is 9.17. The number of allylic oxidation sites excluding steroid dienone is 7. The Balaban J connectivity index is 2.05. The minimum atomic E-state index is -4.52. The molecule has 2 nitrogen and oxygen atoms in total. The van der Waals surface area contributed by atoms with Crippen molar-refractivity contribution in [3.8, 4) is 0 Å². The van der Waals surface area contributed by atoms with Gasteiger partial charge in [0.05, 0.1) is 11.1 Å². The molecular formula is C33H30F6N2. The van der Waals surface area contributed by atoms with Gasteiger partial charge in [0.25, 0.3) is 0 Å². The summed E-state index contributed by atoms with van der Waals surface area (Å²) < 4.78 is 80.9. The van der Waals surface area contributed by atoms with Crippen molar-refractivity contribution in [2.24, 2.45) is 0 Å². The van der Waals surface area contributed by atoms with Crippen molar-refractivity contribution in [1.29, 1.82) is 0 Å². The van der Waals surface area contributed by atoms with E-state index >= 15 is 0 Å². The normalized spacial score (nSPS) is 14.6. The van der Waals surface area contributed by atoms with Gasteiger partial charge in [0.15, 0.2) is 0 Å². The molecule has 0 unspecified atom stereocenters. The molecule has 0 saturated carbocycles. The lowest BCUT2D eigenvalue weighted by molar-refractivity contribution is -0.137. The highest BCUT2D eigenvalue weighted by Crippen LogP contribution is 2.41. The molecule has 0 aromatic heterocycles. The van der Waals surface area contributed by atoms with Crippen LogP contribution < -0.4 is 9.80 Å². The molecule has 1 aliphatic rings. The summed E-state index contributed by atoms with van der Waals surface area (Å²) in [6.45, 7) is 0. The molecule has 8 heteroatoms. The van der Waals surface area contributed by atoms with E-state index in [4.69, 9.17) is 0 Å². The maximum atomic E-state index is 13.6. The molecule has 0 atom stereocenters. The molecule has 1 aliphatic carbocycles. The summed E-state index contributed by atoms with van der Waals surface area (Å²) >= 11 is 0. The third-order valence-electron chi connectivity index (χ3n) is 6.84. The first-order chi connectivity index (χ1) is 19.3. The molecule has 3 aromatic rings. The van der Waals surface area contributed by atoms with Gasteiger partial charge in [0.1, 0.15) is 0 Å². The van der Waals surface area contributed by atoms with Crippen molar-refractivity contribution in [3.63, 3.8) is 0 Å². The highest BCUT2D eigenvalue weighted by atomic mass is 19.4. The number of halogens is 6. The van der Waals surface area contributed by atoms with Crippen LogP contribution in [-0.2, 0) is 6.18 Å². The van der Waals surface area contributed by atoms with E-state index < -0.39 is 23.5 Å². The van der Waals surface area contributed by atoms with Crippen LogP contribution in [0.15, 0.2) is 108 Å². The molecular weight excluding hydrogens is 538 g/mol. The van der Waals surface area contributed by atoms with Gasteiger partial charge in [-0.1, -0.05) is 54.6 Å². The molecule has 0 fully saturated rings. The number of anilines is 2. The molecule has 0 amide bonds. The first-order valence-corrected chi connectivity index (χ1v) is 12.9. The Bertz CT molecular complexity index is 1480. The minimum absolute atomic E-state index is 0.195. The summed E-state index contributed by atoms with van der Waals surface area (Å²) in [5.41, 5.74) is 4.10. The van der Waals surface area contributed by atoms with Gasteiger partial charge in [-0.25, -0.2) is 0 Å². The first-order valence-electron chi connectivity index (χ1n) is 12.9. The summed E-state index contributed by atoms with van der Waals surface area (Å²) in [5, 5.41) is 0. The molecule has 214 valence electrons. The average Bonchev–Trinajstić information content (AvgIpc) is 3.18. The third kappa shape index (κ3) is 6.93. The summed E-state index contributed by atoms with van der Waals surface area (Å²) in [4.78, 5) is 3.85. The Morgan fingerprint density at radius 1 is 0.561 bits per heavy atom. The summed E-state index contributed by atoms with van der Waals surface area (Å²) in [7, 11) is 7.58. The van der Waals surface area contributed by atoms with Gasteiger partial charge in [0.2, 0.25) is 0 Å². The lowest BCUT2D eigenvalue weighted by atomic mass is 9.84. The van der Waals surface area contributed by atoms with Gasteiger partial charge < -0.3 is 9.80 Å². The second-order valence-corrected chi connectivity index (χ2v) is 10.1. The quantitative estimate of drug-likeness (QED) is 0.216. The van der Waals surface area contributed by atoms with Gasteiger partial charge in [-0.2, -0.15) is 26.3 Å². The largest absolute Gasteiger partial charge is 0.416 e. The van der Waals surface area contributed by atoms with E-state index in [0.717, 1.165) is 46.8 Å². The minimum Gasteiger partial charge on any atom is -0.378 e.